The van der Waals surface area contributed by atoms with Gasteiger partial charge in [0.05, 0.1) is 7.11 Å². The van der Waals surface area contributed by atoms with E-state index in [0.29, 0.717) is 12.1 Å². The van der Waals surface area contributed by atoms with E-state index < -0.39 is 11.6 Å². The molecule has 2 aromatic carbocycles. The Bertz CT molecular complexity index is 543. The summed E-state index contributed by atoms with van der Waals surface area (Å²) in [5.74, 6) is -0.926. The number of methoxy groups -OCH3 is 1. The van der Waals surface area contributed by atoms with Crippen LogP contribution in [0.15, 0.2) is 42.5 Å². The summed E-state index contributed by atoms with van der Waals surface area (Å²) in [6, 6.07) is 11.3. The van der Waals surface area contributed by atoms with Crippen LogP contribution in [0.5, 0.6) is 5.75 Å². The van der Waals surface area contributed by atoms with Crippen LogP contribution in [0.25, 0.3) is 0 Å². The maximum atomic E-state index is 13.0. The molecular formula is C14H13F2NO. The molecule has 0 amide bonds. The Morgan fingerprint density at radius 2 is 1.89 bits per heavy atom. The molecule has 0 aliphatic heterocycles. The number of hydrogen-bond acceptors (Lipinski definition) is 2. The minimum atomic E-state index is -0.833. The van der Waals surface area contributed by atoms with Crippen molar-refractivity contribution in [2.24, 2.45) is 0 Å². The van der Waals surface area contributed by atoms with Crippen molar-refractivity contribution in [1.82, 2.24) is 0 Å². The minimum absolute atomic E-state index is 0.421. The minimum Gasteiger partial charge on any atom is -0.497 e. The van der Waals surface area contributed by atoms with Crippen molar-refractivity contribution >= 4 is 5.69 Å². The van der Waals surface area contributed by atoms with Gasteiger partial charge < -0.3 is 10.1 Å². The molecule has 0 saturated carbocycles. The first kappa shape index (κ1) is 12.4. The van der Waals surface area contributed by atoms with E-state index >= 15 is 0 Å². The lowest BCUT2D eigenvalue weighted by molar-refractivity contribution is 0.415. The number of nitrogens with one attached hydrogen (secondary N) is 1. The lowest BCUT2D eigenvalue weighted by Gasteiger charge is -2.08. The Hall–Kier alpha value is -2.10. The van der Waals surface area contributed by atoms with Gasteiger partial charge in [0.1, 0.15) is 5.75 Å². The van der Waals surface area contributed by atoms with E-state index in [1.54, 1.807) is 13.2 Å². The monoisotopic (exact) mass is 249 g/mol. The van der Waals surface area contributed by atoms with Crippen molar-refractivity contribution < 1.29 is 13.5 Å². The van der Waals surface area contributed by atoms with Gasteiger partial charge in [0.15, 0.2) is 11.6 Å². The van der Waals surface area contributed by atoms with Crippen LogP contribution >= 0.6 is 0 Å². The second kappa shape index (κ2) is 5.49. The number of anilines is 1. The van der Waals surface area contributed by atoms with E-state index in [-0.39, 0.29) is 0 Å². The van der Waals surface area contributed by atoms with Crippen LogP contribution in [-0.4, -0.2) is 7.11 Å². The lowest BCUT2D eigenvalue weighted by Crippen LogP contribution is -2.00. The van der Waals surface area contributed by atoms with E-state index in [4.69, 9.17) is 4.74 Å². The number of rotatable bonds is 4. The van der Waals surface area contributed by atoms with Crippen LogP contribution in [0.1, 0.15) is 5.56 Å². The smallest absolute Gasteiger partial charge is 0.159 e. The van der Waals surface area contributed by atoms with Gasteiger partial charge in [-0.25, -0.2) is 8.78 Å². The van der Waals surface area contributed by atoms with Crippen molar-refractivity contribution in [2.75, 3.05) is 12.4 Å². The normalized spacial score (nSPS) is 10.2. The van der Waals surface area contributed by atoms with Crippen LogP contribution in [0, 0.1) is 11.6 Å². The zero-order valence-electron chi connectivity index (χ0n) is 9.91. The predicted molar refractivity (Wildman–Crippen MR) is 66.7 cm³/mol. The summed E-state index contributed by atoms with van der Waals surface area (Å²) >= 11 is 0. The molecule has 0 aliphatic carbocycles. The van der Waals surface area contributed by atoms with E-state index in [2.05, 4.69) is 5.32 Å². The summed E-state index contributed by atoms with van der Waals surface area (Å²) in [6.45, 7) is 0.421. The third-order valence-electron chi connectivity index (χ3n) is 2.55. The van der Waals surface area contributed by atoms with Gasteiger partial charge in [-0.1, -0.05) is 12.1 Å². The molecule has 0 unspecified atom stereocenters. The second-order valence-corrected chi connectivity index (χ2v) is 3.83. The average Bonchev–Trinajstić information content (AvgIpc) is 2.40. The van der Waals surface area contributed by atoms with Crippen LogP contribution < -0.4 is 10.1 Å². The highest BCUT2D eigenvalue weighted by atomic mass is 19.2. The third-order valence-corrected chi connectivity index (χ3v) is 2.55. The average molecular weight is 249 g/mol. The molecule has 4 heteroatoms. The van der Waals surface area contributed by atoms with E-state index in [1.165, 1.54) is 6.07 Å². The zero-order valence-corrected chi connectivity index (χ0v) is 9.91. The molecule has 0 spiro atoms. The molecule has 0 bridgehead atoms. The van der Waals surface area contributed by atoms with Crippen LogP contribution in [0.4, 0.5) is 14.5 Å². The van der Waals surface area contributed by atoms with Gasteiger partial charge in [-0.05, 0) is 29.8 Å². The highest BCUT2D eigenvalue weighted by molar-refractivity contribution is 5.48. The van der Waals surface area contributed by atoms with Crippen molar-refractivity contribution in [3.63, 3.8) is 0 Å². The van der Waals surface area contributed by atoms with E-state index in [1.807, 2.05) is 24.3 Å². The lowest BCUT2D eigenvalue weighted by atomic mass is 10.2. The summed E-state index contributed by atoms with van der Waals surface area (Å²) in [4.78, 5) is 0. The largest absolute Gasteiger partial charge is 0.497 e. The Morgan fingerprint density at radius 3 is 2.61 bits per heavy atom. The summed E-state index contributed by atoms with van der Waals surface area (Å²) in [5, 5.41) is 3.11. The molecule has 0 radical (unpaired) electrons. The fourth-order valence-corrected chi connectivity index (χ4v) is 1.59. The Labute approximate surface area is 104 Å². The van der Waals surface area contributed by atoms with Gasteiger partial charge in [0.2, 0.25) is 0 Å². The highest BCUT2D eigenvalue weighted by Crippen LogP contribution is 2.18. The number of halogens is 2. The summed E-state index contributed by atoms with van der Waals surface area (Å²) in [7, 11) is 1.59. The SMILES string of the molecule is COc1cccc(NCc2ccc(F)c(F)c2)c1. The Morgan fingerprint density at radius 1 is 1.06 bits per heavy atom. The van der Waals surface area contributed by atoms with E-state index in [0.717, 1.165) is 17.5 Å². The number of ether oxygens (including phenoxy) is 1. The van der Waals surface area contributed by atoms with Gasteiger partial charge in [-0.3, -0.25) is 0 Å². The third kappa shape index (κ3) is 2.97. The molecule has 18 heavy (non-hydrogen) atoms. The van der Waals surface area contributed by atoms with E-state index in [9.17, 15) is 8.78 Å². The Balaban J connectivity index is 2.04. The van der Waals surface area contributed by atoms with Gasteiger partial charge in [0, 0.05) is 18.3 Å². The first-order valence-corrected chi connectivity index (χ1v) is 5.51. The molecule has 0 fully saturated rings. The van der Waals surface area contributed by atoms with Crippen molar-refractivity contribution in [3.05, 3.63) is 59.7 Å². The predicted octanol–water partition coefficient (Wildman–Crippen LogP) is 3.59. The fraction of sp³-hybridized carbons (Fsp3) is 0.143. The molecule has 0 atom stereocenters. The quantitative estimate of drug-likeness (QED) is 0.894. The first-order chi connectivity index (χ1) is 8.69. The van der Waals surface area contributed by atoms with Gasteiger partial charge >= 0.3 is 0 Å². The molecule has 0 aliphatic rings. The Kier molecular flexibility index (Phi) is 3.77. The summed E-state index contributed by atoms with van der Waals surface area (Å²) in [5.41, 5.74) is 1.54. The molecule has 0 saturated heterocycles. The summed E-state index contributed by atoms with van der Waals surface area (Å²) in [6.07, 6.45) is 0. The molecule has 2 rings (SSSR count). The van der Waals surface area contributed by atoms with Gasteiger partial charge in [0.25, 0.3) is 0 Å². The number of benzene rings is 2. The molecule has 0 aromatic heterocycles. The second-order valence-electron chi connectivity index (χ2n) is 3.83. The highest BCUT2D eigenvalue weighted by Gasteiger charge is 2.02. The maximum Gasteiger partial charge on any atom is 0.159 e. The zero-order chi connectivity index (χ0) is 13.0. The maximum absolute atomic E-state index is 13.0. The first-order valence-electron chi connectivity index (χ1n) is 5.51. The van der Waals surface area contributed by atoms with Gasteiger partial charge in [-0.2, -0.15) is 0 Å². The molecule has 2 nitrogen and oxygen atoms in total. The number of hydrogen-bond donors (Lipinski definition) is 1. The van der Waals surface area contributed by atoms with Crippen molar-refractivity contribution in [2.45, 2.75) is 6.54 Å². The fourth-order valence-electron chi connectivity index (χ4n) is 1.59. The molecule has 2 aromatic rings. The molecular weight excluding hydrogens is 236 g/mol. The standard InChI is InChI=1S/C14H13F2NO/c1-18-12-4-2-3-11(8-12)17-9-10-5-6-13(15)14(16)7-10/h2-8,17H,9H2,1H3. The molecule has 94 valence electrons. The summed E-state index contributed by atoms with van der Waals surface area (Å²) < 4.78 is 30.8. The van der Waals surface area contributed by atoms with Crippen LogP contribution in [-0.2, 0) is 6.54 Å². The van der Waals surface area contributed by atoms with Crippen LogP contribution in [0.3, 0.4) is 0 Å². The van der Waals surface area contributed by atoms with Crippen molar-refractivity contribution in [3.8, 4) is 5.75 Å². The van der Waals surface area contributed by atoms with Crippen LogP contribution in [0.2, 0.25) is 0 Å². The molecule has 0 heterocycles. The molecule has 1 N–H and O–H groups in total. The van der Waals surface area contributed by atoms with Crippen molar-refractivity contribution in [1.29, 1.82) is 0 Å². The topological polar surface area (TPSA) is 21.3 Å². The van der Waals surface area contributed by atoms with Gasteiger partial charge in [-0.15, -0.1) is 0 Å².